The lowest BCUT2D eigenvalue weighted by Gasteiger charge is -2.29. The van der Waals surface area contributed by atoms with Crippen molar-refractivity contribution in [2.75, 3.05) is 47.6 Å². The number of likely N-dealkylation sites (tertiary alicyclic amines) is 1. The summed E-state index contributed by atoms with van der Waals surface area (Å²) >= 11 is 0. The van der Waals surface area contributed by atoms with Gasteiger partial charge in [-0.1, -0.05) is 0 Å². The Labute approximate surface area is 185 Å². The number of rotatable bonds is 10. The number of alkyl halides is 2. The first-order valence-electron chi connectivity index (χ1n) is 10.4. The average Bonchev–Trinajstić information content (AvgIpc) is 3.04. The third kappa shape index (κ3) is 15.6. The van der Waals surface area contributed by atoms with Crippen LogP contribution in [0.5, 0.6) is 0 Å². The van der Waals surface area contributed by atoms with Gasteiger partial charge in [0.05, 0.1) is 14.3 Å². The molecule has 1 heterocycles. The molecule has 0 bridgehead atoms. The van der Waals surface area contributed by atoms with Crippen molar-refractivity contribution in [2.45, 2.75) is 70.7 Å². The molecule has 0 saturated carbocycles. The Kier molecular flexibility index (Phi) is 18.0. The minimum absolute atomic E-state index is 0.256. The van der Waals surface area contributed by atoms with Gasteiger partial charge in [0, 0.05) is 25.2 Å². The molecule has 0 aromatic rings. The first kappa shape index (κ1) is 31.4. The van der Waals surface area contributed by atoms with Crippen molar-refractivity contribution in [3.63, 3.8) is 0 Å². The van der Waals surface area contributed by atoms with Crippen molar-refractivity contribution in [3.8, 4) is 0 Å². The van der Waals surface area contributed by atoms with Crippen LogP contribution in [0.1, 0.15) is 47.0 Å². The van der Waals surface area contributed by atoms with Gasteiger partial charge >= 0.3 is 6.09 Å². The molecule has 184 valence electrons. The van der Waals surface area contributed by atoms with E-state index in [2.05, 4.69) is 28.9 Å². The molecule has 31 heavy (non-hydrogen) atoms. The van der Waals surface area contributed by atoms with E-state index in [0.29, 0.717) is 45.1 Å². The number of hydrogen-bond donors (Lipinski definition) is 1. The van der Waals surface area contributed by atoms with Crippen LogP contribution in [0.3, 0.4) is 0 Å². The van der Waals surface area contributed by atoms with Crippen molar-refractivity contribution in [2.24, 2.45) is 0 Å². The Hall–Kier alpha value is -1.81. The lowest BCUT2D eigenvalue weighted by Crippen LogP contribution is -2.47. The summed E-state index contributed by atoms with van der Waals surface area (Å²) in [7, 11) is 3.94. The Morgan fingerprint density at radius 1 is 1.26 bits per heavy atom. The van der Waals surface area contributed by atoms with Crippen molar-refractivity contribution in [3.05, 3.63) is 0 Å². The van der Waals surface area contributed by atoms with Gasteiger partial charge in [-0.2, -0.15) is 0 Å². The maximum absolute atomic E-state index is 12.9. The van der Waals surface area contributed by atoms with E-state index in [0.717, 1.165) is 12.8 Å². The summed E-state index contributed by atoms with van der Waals surface area (Å²) in [6.07, 6.45) is 3.31. The highest BCUT2D eigenvalue weighted by atomic mass is 19.1. The van der Waals surface area contributed by atoms with E-state index in [1.165, 1.54) is 13.5 Å². The standard InChI is InChI=1S/C18H34FN3O3.C2H4O2.CH3F/c1-14-6-7-16(21(14)5)8-10-22(11-9-19)12-15(13-23)20-17(24)25-18(2,3)4;1-4-2-3;1-2/h13-16H,6-12H2,1-5H3,(H,20,24);2H,1H3;1H3. The smallest absolute Gasteiger partial charge is 0.408 e. The zero-order valence-corrected chi connectivity index (χ0v) is 20.0. The van der Waals surface area contributed by atoms with Crippen LogP contribution in [0.15, 0.2) is 0 Å². The number of carbonyl (C=O) groups is 3. The first-order valence-corrected chi connectivity index (χ1v) is 10.4. The molecule has 10 heteroatoms. The quantitative estimate of drug-likeness (QED) is 0.509. The molecule has 1 N–H and O–H groups in total. The Bertz CT molecular complexity index is 492. The first-order chi connectivity index (χ1) is 14.6. The second-order valence-corrected chi connectivity index (χ2v) is 8.24. The molecule has 0 aliphatic carbocycles. The Balaban J connectivity index is 0. The zero-order chi connectivity index (χ0) is 24.4. The molecule has 1 fully saturated rings. The maximum atomic E-state index is 12.9. The van der Waals surface area contributed by atoms with Gasteiger partial charge in [-0.3, -0.25) is 14.1 Å². The van der Waals surface area contributed by atoms with Gasteiger partial charge in [0.15, 0.2) is 0 Å². The molecular formula is C21H41F2N3O5. The number of halogens is 2. The summed E-state index contributed by atoms with van der Waals surface area (Å²) in [5.41, 5.74) is -0.625. The van der Waals surface area contributed by atoms with E-state index in [-0.39, 0.29) is 6.54 Å². The van der Waals surface area contributed by atoms with E-state index >= 15 is 0 Å². The van der Waals surface area contributed by atoms with Gasteiger partial charge in [-0.25, -0.2) is 9.18 Å². The third-order valence-electron chi connectivity index (χ3n) is 4.79. The van der Waals surface area contributed by atoms with Crippen LogP contribution in [0, 0.1) is 0 Å². The second-order valence-electron chi connectivity index (χ2n) is 8.24. The van der Waals surface area contributed by atoms with Gasteiger partial charge < -0.3 is 24.5 Å². The molecule has 1 rings (SSSR count). The minimum atomic E-state index is -0.707. The number of methoxy groups -OCH3 is 1. The van der Waals surface area contributed by atoms with Gasteiger partial charge in [0.1, 0.15) is 24.6 Å². The van der Waals surface area contributed by atoms with Crippen LogP contribution in [0.2, 0.25) is 0 Å². The SMILES string of the molecule is CC1CCC(CCN(CCF)CC(C=O)NC(=O)OC(C)(C)C)N1C.CF.COC=O. The summed E-state index contributed by atoms with van der Waals surface area (Å²) in [6, 6.07) is 0.364. The number of nitrogens with one attached hydrogen (secondary N) is 1. The Morgan fingerprint density at radius 3 is 2.23 bits per heavy atom. The molecule has 8 nitrogen and oxygen atoms in total. The van der Waals surface area contributed by atoms with Gasteiger partial charge in [-0.15, -0.1) is 0 Å². The Morgan fingerprint density at radius 2 is 1.84 bits per heavy atom. The fourth-order valence-electron chi connectivity index (χ4n) is 3.15. The van der Waals surface area contributed by atoms with E-state index in [4.69, 9.17) is 9.53 Å². The predicted molar refractivity (Wildman–Crippen MR) is 117 cm³/mol. The van der Waals surface area contributed by atoms with E-state index in [9.17, 15) is 18.4 Å². The highest BCUT2D eigenvalue weighted by Crippen LogP contribution is 2.24. The van der Waals surface area contributed by atoms with Gasteiger partial charge in [-0.05, 0) is 60.5 Å². The topological polar surface area (TPSA) is 88.2 Å². The van der Waals surface area contributed by atoms with Gasteiger partial charge in [0.2, 0.25) is 0 Å². The molecule has 1 aliphatic rings. The number of hydrogen-bond acceptors (Lipinski definition) is 7. The molecule has 0 aromatic heterocycles. The van der Waals surface area contributed by atoms with Crippen molar-refractivity contribution in [1.29, 1.82) is 0 Å². The predicted octanol–water partition coefficient (Wildman–Crippen LogP) is 2.60. The summed E-state index contributed by atoms with van der Waals surface area (Å²) in [5.74, 6) is 0. The van der Waals surface area contributed by atoms with E-state index in [1.807, 2.05) is 4.90 Å². The van der Waals surface area contributed by atoms with Crippen LogP contribution in [-0.2, 0) is 19.1 Å². The molecule has 0 radical (unpaired) electrons. The van der Waals surface area contributed by atoms with Crippen molar-refractivity contribution >= 4 is 18.9 Å². The van der Waals surface area contributed by atoms with Crippen LogP contribution >= 0.6 is 0 Å². The molecule has 0 aromatic carbocycles. The van der Waals surface area contributed by atoms with Crippen LogP contribution < -0.4 is 5.32 Å². The normalized spacial score (nSPS) is 19.3. The van der Waals surface area contributed by atoms with Crippen LogP contribution in [0.4, 0.5) is 13.6 Å². The number of alkyl carbamates (subject to hydrolysis) is 1. The molecule has 0 spiro atoms. The van der Waals surface area contributed by atoms with E-state index < -0.39 is 24.4 Å². The molecule has 1 saturated heterocycles. The van der Waals surface area contributed by atoms with Crippen LogP contribution in [0.25, 0.3) is 0 Å². The zero-order valence-electron chi connectivity index (χ0n) is 20.0. The molecule has 1 aliphatic heterocycles. The maximum Gasteiger partial charge on any atom is 0.408 e. The highest BCUT2D eigenvalue weighted by Gasteiger charge is 2.28. The third-order valence-corrected chi connectivity index (χ3v) is 4.79. The fourth-order valence-corrected chi connectivity index (χ4v) is 3.15. The lowest BCUT2D eigenvalue weighted by atomic mass is 10.1. The van der Waals surface area contributed by atoms with E-state index in [1.54, 1.807) is 20.8 Å². The second kappa shape index (κ2) is 17.8. The fraction of sp³-hybridized carbons (Fsp3) is 0.857. The highest BCUT2D eigenvalue weighted by molar-refractivity contribution is 5.73. The largest absolute Gasteiger partial charge is 0.471 e. The monoisotopic (exact) mass is 453 g/mol. The van der Waals surface area contributed by atoms with Crippen LogP contribution in [-0.4, -0.2) is 100 Å². The molecule has 3 unspecified atom stereocenters. The molecule has 3 atom stereocenters. The number of carbonyl (C=O) groups excluding carboxylic acids is 3. The summed E-state index contributed by atoms with van der Waals surface area (Å²) < 4.78 is 31.4. The molecular weight excluding hydrogens is 412 g/mol. The average molecular weight is 454 g/mol. The number of amides is 1. The number of ether oxygens (including phenoxy) is 2. The van der Waals surface area contributed by atoms with Gasteiger partial charge in [0.25, 0.3) is 6.47 Å². The number of aldehydes is 1. The number of nitrogens with zero attached hydrogens (tertiary/aromatic N) is 2. The summed E-state index contributed by atoms with van der Waals surface area (Å²) in [4.78, 5) is 36.3. The molecule has 1 amide bonds. The summed E-state index contributed by atoms with van der Waals surface area (Å²) in [6.45, 7) is 8.64. The minimum Gasteiger partial charge on any atom is -0.471 e. The lowest BCUT2D eigenvalue weighted by molar-refractivity contribution is -0.126. The van der Waals surface area contributed by atoms with Crippen molar-refractivity contribution in [1.82, 2.24) is 15.1 Å². The van der Waals surface area contributed by atoms with Crippen molar-refractivity contribution < 1.29 is 32.6 Å². The summed E-state index contributed by atoms with van der Waals surface area (Å²) in [5, 5.41) is 2.55.